The number of nitrogens with one attached hydrogen (secondary N) is 2. The zero-order valence-corrected chi connectivity index (χ0v) is 12.7. The summed E-state index contributed by atoms with van der Waals surface area (Å²) in [5, 5.41) is 3.07. The number of halogens is 1. The van der Waals surface area contributed by atoms with Crippen LogP contribution in [0.25, 0.3) is 0 Å². The minimum absolute atomic E-state index is 0.173. The second-order valence-corrected chi connectivity index (χ2v) is 6.52. The van der Waals surface area contributed by atoms with E-state index in [-0.39, 0.29) is 17.3 Å². The molecule has 2 aromatic rings. The van der Waals surface area contributed by atoms with E-state index in [1.54, 1.807) is 30.3 Å². The van der Waals surface area contributed by atoms with Crippen LogP contribution in [0.3, 0.4) is 0 Å². The first-order valence-electron chi connectivity index (χ1n) is 6.45. The standard InChI is InChI=1S/C15H17FN2O2S/c1-11-7-8-13(21(19,20)17-2)9-15(11)18-10-12-5-3-4-6-14(12)16/h3-9,17-18H,10H2,1-2H3. The fraction of sp³-hybridized carbons (Fsp3) is 0.200. The molecule has 0 aliphatic heterocycles. The molecule has 0 radical (unpaired) electrons. The predicted octanol–water partition coefficient (Wildman–Crippen LogP) is 2.65. The van der Waals surface area contributed by atoms with Crippen LogP contribution in [0.5, 0.6) is 0 Å². The molecule has 0 aliphatic carbocycles. The van der Waals surface area contributed by atoms with Gasteiger partial charge in [0.25, 0.3) is 0 Å². The molecule has 0 saturated carbocycles. The van der Waals surface area contributed by atoms with Crippen molar-refractivity contribution >= 4 is 15.7 Å². The summed E-state index contributed by atoms with van der Waals surface area (Å²) >= 11 is 0. The maximum Gasteiger partial charge on any atom is 0.240 e. The molecule has 2 N–H and O–H groups in total. The molecule has 4 nitrogen and oxygen atoms in total. The lowest BCUT2D eigenvalue weighted by molar-refractivity contribution is 0.588. The maximum absolute atomic E-state index is 13.6. The van der Waals surface area contributed by atoms with Crippen LogP contribution in [0.15, 0.2) is 47.4 Å². The van der Waals surface area contributed by atoms with Crippen LogP contribution < -0.4 is 10.0 Å². The number of anilines is 1. The predicted molar refractivity (Wildman–Crippen MR) is 81.2 cm³/mol. The van der Waals surface area contributed by atoms with E-state index >= 15 is 0 Å². The average molecular weight is 308 g/mol. The Kier molecular flexibility index (Phi) is 4.59. The molecular weight excluding hydrogens is 291 g/mol. The molecule has 0 amide bonds. The molecule has 0 spiro atoms. The van der Waals surface area contributed by atoms with Crippen LogP contribution in [-0.4, -0.2) is 15.5 Å². The molecule has 21 heavy (non-hydrogen) atoms. The van der Waals surface area contributed by atoms with Gasteiger partial charge in [0.2, 0.25) is 10.0 Å². The molecule has 2 rings (SSSR count). The molecule has 0 aliphatic rings. The van der Waals surface area contributed by atoms with Crippen molar-refractivity contribution in [1.29, 1.82) is 0 Å². The molecule has 0 unspecified atom stereocenters. The fourth-order valence-electron chi connectivity index (χ4n) is 1.91. The Morgan fingerprint density at radius 1 is 1.14 bits per heavy atom. The van der Waals surface area contributed by atoms with Gasteiger partial charge in [-0.2, -0.15) is 0 Å². The maximum atomic E-state index is 13.6. The highest BCUT2D eigenvalue weighted by molar-refractivity contribution is 7.89. The summed E-state index contributed by atoms with van der Waals surface area (Å²) in [6.45, 7) is 2.15. The van der Waals surface area contributed by atoms with E-state index in [1.165, 1.54) is 19.2 Å². The molecule has 2 aromatic carbocycles. The molecule has 112 valence electrons. The lowest BCUT2D eigenvalue weighted by atomic mass is 10.1. The van der Waals surface area contributed by atoms with Crippen LogP contribution in [0.4, 0.5) is 10.1 Å². The lowest BCUT2D eigenvalue weighted by Crippen LogP contribution is -2.18. The summed E-state index contributed by atoms with van der Waals surface area (Å²) in [5.41, 5.74) is 2.08. The third kappa shape index (κ3) is 3.59. The molecule has 0 saturated heterocycles. The van der Waals surface area contributed by atoms with Gasteiger partial charge in [0.1, 0.15) is 5.82 Å². The summed E-state index contributed by atoms with van der Waals surface area (Å²) in [4.78, 5) is 0.173. The van der Waals surface area contributed by atoms with Crippen molar-refractivity contribution < 1.29 is 12.8 Å². The van der Waals surface area contributed by atoms with Crippen LogP contribution in [0.1, 0.15) is 11.1 Å². The quantitative estimate of drug-likeness (QED) is 0.893. The number of rotatable bonds is 5. The Balaban J connectivity index is 2.24. The Morgan fingerprint density at radius 2 is 1.86 bits per heavy atom. The molecule has 0 bridgehead atoms. The largest absolute Gasteiger partial charge is 0.381 e. The van der Waals surface area contributed by atoms with Crippen LogP contribution in [0, 0.1) is 12.7 Å². The zero-order chi connectivity index (χ0) is 15.5. The zero-order valence-electron chi connectivity index (χ0n) is 11.9. The fourth-order valence-corrected chi connectivity index (χ4v) is 2.66. The van der Waals surface area contributed by atoms with Crippen molar-refractivity contribution in [2.45, 2.75) is 18.4 Å². The number of aryl methyl sites for hydroxylation is 1. The van der Waals surface area contributed by atoms with Gasteiger partial charge < -0.3 is 5.32 Å². The van der Waals surface area contributed by atoms with Gasteiger partial charge in [-0.15, -0.1) is 0 Å². The van der Waals surface area contributed by atoms with Crippen molar-refractivity contribution in [2.75, 3.05) is 12.4 Å². The molecular formula is C15H17FN2O2S. The number of benzene rings is 2. The van der Waals surface area contributed by atoms with E-state index < -0.39 is 10.0 Å². The van der Waals surface area contributed by atoms with Gasteiger partial charge in [-0.25, -0.2) is 17.5 Å². The van der Waals surface area contributed by atoms with Gasteiger partial charge in [0, 0.05) is 17.8 Å². The van der Waals surface area contributed by atoms with Crippen molar-refractivity contribution in [3.63, 3.8) is 0 Å². The first kappa shape index (κ1) is 15.5. The third-order valence-corrected chi connectivity index (χ3v) is 4.63. The molecule has 0 fully saturated rings. The monoisotopic (exact) mass is 308 g/mol. The number of hydrogen-bond donors (Lipinski definition) is 2. The minimum Gasteiger partial charge on any atom is -0.381 e. The Morgan fingerprint density at radius 3 is 2.52 bits per heavy atom. The Bertz CT molecular complexity index is 745. The van der Waals surface area contributed by atoms with E-state index in [4.69, 9.17) is 0 Å². The third-order valence-electron chi connectivity index (χ3n) is 3.22. The lowest BCUT2D eigenvalue weighted by Gasteiger charge is -2.12. The van der Waals surface area contributed by atoms with Crippen LogP contribution in [-0.2, 0) is 16.6 Å². The van der Waals surface area contributed by atoms with E-state index in [0.29, 0.717) is 11.3 Å². The van der Waals surface area contributed by atoms with Crippen molar-refractivity contribution in [2.24, 2.45) is 0 Å². The second kappa shape index (κ2) is 6.24. The van der Waals surface area contributed by atoms with E-state index in [2.05, 4.69) is 10.0 Å². The number of hydrogen-bond acceptors (Lipinski definition) is 3. The van der Waals surface area contributed by atoms with Gasteiger partial charge in [0.15, 0.2) is 0 Å². The highest BCUT2D eigenvalue weighted by Gasteiger charge is 2.13. The average Bonchev–Trinajstić information content (AvgIpc) is 2.47. The van der Waals surface area contributed by atoms with Gasteiger partial charge in [-0.3, -0.25) is 0 Å². The molecule has 0 heterocycles. The first-order chi connectivity index (χ1) is 9.94. The van der Waals surface area contributed by atoms with E-state index in [9.17, 15) is 12.8 Å². The molecule has 6 heteroatoms. The van der Waals surface area contributed by atoms with Crippen LogP contribution >= 0.6 is 0 Å². The second-order valence-electron chi connectivity index (χ2n) is 4.63. The van der Waals surface area contributed by atoms with Crippen molar-refractivity contribution in [3.8, 4) is 0 Å². The summed E-state index contributed by atoms with van der Waals surface area (Å²) < 4.78 is 39.4. The van der Waals surface area contributed by atoms with Gasteiger partial charge in [0.05, 0.1) is 4.90 Å². The SMILES string of the molecule is CNS(=O)(=O)c1ccc(C)c(NCc2ccccc2F)c1. The van der Waals surface area contributed by atoms with Gasteiger partial charge >= 0.3 is 0 Å². The summed E-state index contributed by atoms with van der Waals surface area (Å²) in [7, 11) is -2.13. The van der Waals surface area contributed by atoms with Crippen molar-refractivity contribution in [3.05, 3.63) is 59.4 Å². The highest BCUT2D eigenvalue weighted by Crippen LogP contribution is 2.21. The summed E-state index contributed by atoms with van der Waals surface area (Å²) in [5.74, 6) is -0.290. The topological polar surface area (TPSA) is 58.2 Å². The summed E-state index contributed by atoms with van der Waals surface area (Å²) in [6.07, 6.45) is 0. The van der Waals surface area contributed by atoms with Gasteiger partial charge in [-0.1, -0.05) is 24.3 Å². The first-order valence-corrected chi connectivity index (χ1v) is 7.94. The van der Waals surface area contributed by atoms with Crippen LogP contribution in [0.2, 0.25) is 0 Å². The molecule has 0 atom stereocenters. The smallest absolute Gasteiger partial charge is 0.240 e. The van der Waals surface area contributed by atoms with E-state index in [0.717, 1.165) is 5.56 Å². The van der Waals surface area contributed by atoms with Gasteiger partial charge in [-0.05, 0) is 37.7 Å². The minimum atomic E-state index is -3.49. The number of sulfonamides is 1. The normalized spacial score (nSPS) is 11.4. The van der Waals surface area contributed by atoms with E-state index in [1.807, 2.05) is 6.92 Å². The van der Waals surface area contributed by atoms with Crippen molar-refractivity contribution in [1.82, 2.24) is 4.72 Å². The molecule has 0 aromatic heterocycles. The highest BCUT2D eigenvalue weighted by atomic mass is 32.2. The Labute approximate surface area is 124 Å². The summed E-state index contributed by atoms with van der Waals surface area (Å²) in [6, 6.07) is 11.3. The Hall–Kier alpha value is -1.92.